The minimum atomic E-state index is -0.366. The lowest BCUT2D eigenvalue weighted by atomic mass is 9.76. The van der Waals surface area contributed by atoms with Crippen LogP contribution in [0.15, 0.2) is 36.5 Å². The average Bonchev–Trinajstić information content (AvgIpc) is 2.64. The number of ether oxygens (including phenoxy) is 3. The molecule has 0 radical (unpaired) electrons. The molecule has 27 heavy (non-hydrogen) atoms. The maximum Gasteiger partial charge on any atom is 0.330 e. The van der Waals surface area contributed by atoms with E-state index in [2.05, 4.69) is 0 Å². The van der Waals surface area contributed by atoms with Gasteiger partial charge in [-0.1, -0.05) is 18.2 Å². The molecule has 0 bridgehead atoms. The fourth-order valence-electron chi connectivity index (χ4n) is 3.26. The molecule has 0 heterocycles. The van der Waals surface area contributed by atoms with Crippen LogP contribution in [0.2, 0.25) is 0 Å². The second-order valence-electron chi connectivity index (χ2n) is 6.70. The van der Waals surface area contributed by atoms with Crippen molar-refractivity contribution in [2.45, 2.75) is 40.0 Å². The highest BCUT2D eigenvalue weighted by Gasteiger charge is 2.31. The first kappa shape index (κ1) is 22.7. The Morgan fingerprint density at radius 1 is 0.630 bits per heavy atom. The van der Waals surface area contributed by atoms with Crippen LogP contribution in [-0.4, -0.2) is 37.7 Å². The minimum absolute atomic E-state index is 0.142. The van der Waals surface area contributed by atoms with Crippen LogP contribution >= 0.6 is 0 Å². The Morgan fingerprint density at radius 3 is 1.11 bits per heavy atom. The van der Waals surface area contributed by atoms with Gasteiger partial charge in [0.1, 0.15) is 0 Å². The van der Waals surface area contributed by atoms with Gasteiger partial charge in [-0.25, -0.2) is 14.4 Å². The Hall–Kier alpha value is -2.37. The van der Waals surface area contributed by atoms with Gasteiger partial charge in [-0.3, -0.25) is 0 Å². The van der Waals surface area contributed by atoms with Crippen molar-refractivity contribution in [3.63, 3.8) is 0 Å². The summed E-state index contributed by atoms with van der Waals surface area (Å²) in [4.78, 5) is 34.7. The molecule has 0 aromatic rings. The maximum absolute atomic E-state index is 11.6. The lowest BCUT2D eigenvalue weighted by molar-refractivity contribution is -0.142. The molecule has 0 aliphatic heterocycles. The Morgan fingerprint density at radius 2 is 0.889 bits per heavy atom. The van der Waals surface area contributed by atoms with Crippen molar-refractivity contribution in [3.8, 4) is 0 Å². The third kappa shape index (κ3) is 9.78. The lowest BCUT2D eigenvalue weighted by Gasteiger charge is -2.34. The third-order valence-corrected chi connectivity index (χ3v) is 4.29. The lowest BCUT2D eigenvalue weighted by Crippen LogP contribution is -2.31. The van der Waals surface area contributed by atoms with Crippen LogP contribution in [0.5, 0.6) is 0 Å². The van der Waals surface area contributed by atoms with Crippen LogP contribution in [0, 0.1) is 17.8 Å². The molecule has 1 aliphatic carbocycles. The van der Waals surface area contributed by atoms with Crippen LogP contribution in [0.3, 0.4) is 0 Å². The predicted octanol–water partition coefficient (Wildman–Crippen LogP) is 3.38. The first-order valence-electron chi connectivity index (χ1n) is 9.36. The van der Waals surface area contributed by atoms with Crippen molar-refractivity contribution in [2.24, 2.45) is 17.8 Å². The van der Waals surface area contributed by atoms with E-state index in [0.717, 1.165) is 19.3 Å². The second-order valence-corrected chi connectivity index (χ2v) is 6.70. The molecule has 0 N–H and O–H groups in total. The van der Waals surface area contributed by atoms with E-state index in [1.54, 1.807) is 39.0 Å². The van der Waals surface area contributed by atoms with Crippen LogP contribution in [0.1, 0.15) is 40.0 Å². The van der Waals surface area contributed by atoms with Gasteiger partial charge in [0, 0.05) is 18.2 Å². The number of carbonyl (C=O) groups excluding carboxylic acids is 3. The first-order chi connectivity index (χ1) is 13.0. The van der Waals surface area contributed by atoms with Gasteiger partial charge >= 0.3 is 17.9 Å². The molecule has 1 fully saturated rings. The normalized spacial score (nSPS) is 23.0. The zero-order chi connectivity index (χ0) is 20.1. The highest BCUT2D eigenvalue weighted by molar-refractivity contribution is 5.82. The molecule has 0 aromatic heterocycles. The molecule has 0 spiro atoms. The summed E-state index contributed by atoms with van der Waals surface area (Å²) in [6, 6.07) is 0. The SMILES string of the molecule is CC=CC(=O)OCC1CC(COC(=O)C=CC)CC(COC(=O)C=CC)C1. The van der Waals surface area contributed by atoms with E-state index in [1.807, 2.05) is 0 Å². The highest BCUT2D eigenvalue weighted by Crippen LogP contribution is 2.34. The van der Waals surface area contributed by atoms with E-state index in [4.69, 9.17) is 14.2 Å². The third-order valence-electron chi connectivity index (χ3n) is 4.29. The summed E-state index contributed by atoms with van der Waals surface area (Å²) in [7, 11) is 0. The van der Waals surface area contributed by atoms with E-state index in [9.17, 15) is 14.4 Å². The van der Waals surface area contributed by atoms with Gasteiger partial charge < -0.3 is 14.2 Å². The van der Waals surface area contributed by atoms with E-state index >= 15 is 0 Å². The van der Waals surface area contributed by atoms with Crippen molar-refractivity contribution < 1.29 is 28.6 Å². The van der Waals surface area contributed by atoms with E-state index in [0.29, 0.717) is 19.8 Å². The maximum atomic E-state index is 11.6. The number of hydrogen-bond acceptors (Lipinski definition) is 6. The molecule has 0 saturated heterocycles. The highest BCUT2D eigenvalue weighted by atomic mass is 16.5. The molecule has 0 aromatic carbocycles. The van der Waals surface area contributed by atoms with Crippen molar-refractivity contribution in [2.75, 3.05) is 19.8 Å². The van der Waals surface area contributed by atoms with E-state index in [-0.39, 0.29) is 35.7 Å². The topological polar surface area (TPSA) is 78.9 Å². The number of allylic oxidation sites excluding steroid dienone is 3. The van der Waals surface area contributed by atoms with E-state index in [1.165, 1.54) is 18.2 Å². The van der Waals surface area contributed by atoms with Crippen molar-refractivity contribution >= 4 is 17.9 Å². The molecule has 0 unspecified atom stereocenters. The largest absolute Gasteiger partial charge is 0.462 e. The number of carbonyl (C=O) groups is 3. The Bertz CT molecular complexity index is 488. The first-order valence-corrected chi connectivity index (χ1v) is 9.36. The Kier molecular flexibility index (Phi) is 10.8. The van der Waals surface area contributed by atoms with E-state index < -0.39 is 0 Å². The molecule has 0 amide bonds. The predicted molar refractivity (Wildman–Crippen MR) is 102 cm³/mol. The number of esters is 3. The zero-order valence-electron chi connectivity index (χ0n) is 16.4. The molecule has 1 rings (SSSR count). The van der Waals surface area contributed by atoms with Gasteiger partial charge in [-0.15, -0.1) is 0 Å². The van der Waals surface area contributed by atoms with Gasteiger partial charge in [-0.05, 0) is 57.8 Å². The molecule has 1 aliphatic rings. The molecule has 150 valence electrons. The van der Waals surface area contributed by atoms with Crippen molar-refractivity contribution in [1.82, 2.24) is 0 Å². The quantitative estimate of drug-likeness (QED) is 0.348. The van der Waals surface area contributed by atoms with Gasteiger partial charge in [0.05, 0.1) is 19.8 Å². The summed E-state index contributed by atoms with van der Waals surface area (Å²) in [5.74, 6) is -0.669. The Labute approximate surface area is 161 Å². The summed E-state index contributed by atoms with van der Waals surface area (Å²) >= 11 is 0. The van der Waals surface area contributed by atoms with Crippen LogP contribution < -0.4 is 0 Å². The van der Waals surface area contributed by atoms with Gasteiger partial charge in [0.25, 0.3) is 0 Å². The monoisotopic (exact) mass is 378 g/mol. The van der Waals surface area contributed by atoms with Gasteiger partial charge in [0.2, 0.25) is 0 Å². The van der Waals surface area contributed by atoms with Crippen molar-refractivity contribution in [1.29, 1.82) is 0 Å². The van der Waals surface area contributed by atoms with Crippen LogP contribution in [0.25, 0.3) is 0 Å². The summed E-state index contributed by atoms with van der Waals surface area (Å²) < 4.78 is 15.8. The summed E-state index contributed by atoms with van der Waals surface area (Å²) in [6.45, 7) is 6.19. The minimum Gasteiger partial charge on any atom is -0.462 e. The van der Waals surface area contributed by atoms with Crippen LogP contribution in [-0.2, 0) is 28.6 Å². The number of hydrogen-bond donors (Lipinski definition) is 0. The fourth-order valence-corrected chi connectivity index (χ4v) is 3.26. The molecule has 1 saturated carbocycles. The van der Waals surface area contributed by atoms with Gasteiger partial charge in [0.15, 0.2) is 0 Å². The van der Waals surface area contributed by atoms with Crippen LogP contribution in [0.4, 0.5) is 0 Å². The summed E-state index contributed by atoms with van der Waals surface area (Å²) in [5, 5.41) is 0. The standard InChI is InChI=1S/C21H30O6/c1-4-7-19(22)25-13-16-10-17(14-26-20(23)8-5-2)12-18(11-16)15-27-21(24)9-6-3/h4-9,16-18H,10-15H2,1-3H3. The van der Waals surface area contributed by atoms with Gasteiger partial charge in [-0.2, -0.15) is 0 Å². The fraction of sp³-hybridized carbons (Fsp3) is 0.571. The second kappa shape index (κ2) is 12.9. The average molecular weight is 378 g/mol. The smallest absolute Gasteiger partial charge is 0.330 e. The molecule has 6 nitrogen and oxygen atoms in total. The molecule has 6 heteroatoms. The molecule has 0 atom stereocenters. The summed E-state index contributed by atoms with van der Waals surface area (Å²) in [6.07, 6.45) is 11.5. The number of rotatable bonds is 9. The van der Waals surface area contributed by atoms with Crippen molar-refractivity contribution in [3.05, 3.63) is 36.5 Å². The Balaban J connectivity index is 2.62. The molecular formula is C21H30O6. The zero-order valence-corrected chi connectivity index (χ0v) is 16.4. The summed E-state index contributed by atoms with van der Waals surface area (Å²) in [5.41, 5.74) is 0. The molecular weight excluding hydrogens is 348 g/mol.